The van der Waals surface area contributed by atoms with Crippen LogP contribution >= 0.6 is 0 Å². The molecule has 0 aromatic heterocycles. The first-order valence-electron chi connectivity index (χ1n) is 5.86. The van der Waals surface area contributed by atoms with E-state index in [1.54, 1.807) is 7.11 Å². The van der Waals surface area contributed by atoms with Crippen molar-refractivity contribution in [2.24, 2.45) is 11.7 Å². The standard InChI is InChI=1S/C13H20N2O2/c1-3-10(8-9-14)13(16)15-11-4-6-12(17-2)7-5-11/h4-7,10H,3,8-9,14H2,1-2H3,(H,15,16). The minimum Gasteiger partial charge on any atom is -0.497 e. The van der Waals surface area contributed by atoms with Gasteiger partial charge in [0.25, 0.3) is 0 Å². The third-order valence-corrected chi connectivity index (χ3v) is 2.74. The van der Waals surface area contributed by atoms with Crippen molar-refractivity contribution in [3.8, 4) is 5.75 Å². The van der Waals surface area contributed by atoms with E-state index in [1.165, 1.54) is 0 Å². The van der Waals surface area contributed by atoms with Gasteiger partial charge >= 0.3 is 0 Å². The Morgan fingerprint density at radius 2 is 2.06 bits per heavy atom. The molecule has 1 atom stereocenters. The van der Waals surface area contributed by atoms with Crippen LogP contribution in [0.15, 0.2) is 24.3 Å². The number of hydrogen-bond acceptors (Lipinski definition) is 3. The molecule has 0 aliphatic heterocycles. The molecule has 1 aromatic rings. The second-order valence-corrected chi connectivity index (χ2v) is 3.90. The number of nitrogens with one attached hydrogen (secondary N) is 1. The molecule has 4 heteroatoms. The zero-order chi connectivity index (χ0) is 12.7. The van der Waals surface area contributed by atoms with Gasteiger partial charge in [0.2, 0.25) is 5.91 Å². The van der Waals surface area contributed by atoms with Crippen LogP contribution in [0.1, 0.15) is 19.8 Å². The summed E-state index contributed by atoms with van der Waals surface area (Å²) in [6, 6.07) is 7.29. The summed E-state index contributed by atoms with van der Waals surface area (Å²) in [4.78, 5) is 11.9. The topological polar surface area (TPSA) is 64.4 Å². The van der Waals surface area contributed by atoms with Gasteiger partial charge in [0.05, 0.1) is 7.11 Å². The highest BCUT2D eigenvalue weighted by Crippen LogP contribution is 2.17. The summed E-state index contributed by atoms with van der Waals surface area (Å²) in [6.45, 7) is 2.53. The summed E-state index contributed by atoms with van der Waals surface area (Å²) in [5, 5.41) is 2.88. The molecule has 4 nitrogen and oxygen atoms in total. The van der Waals surface area contributed by atoms with E-state index in [-0.39, 0.29) is 11.8 Å². The first kappa shape index (κ1) is 13.5. The van der Waals surface area contributed by atoms with Crippen LogP contribution in [0.4, 0.5) is 5.69 Å². The van der Waals surface area contributed by atoms with Crippen LogP contribution in [0, 0.1) is 5.92 Å². The third kappa shape index (κ3) is 4.07. The third-order valence-electron chi connectivity index (χ3n) is 2.74. The van der Waals surface area contributed by atoms with Crippen molar-refractivity contribution < 1.29 is 9.53 Å². The number of ether oxygens (including phenoxy) is 1. The Kier molecular flexibility index (Phi) is 5.49. The summed E-state index contributed by atoms with van der Waals surface area (Å²) in [5.41, 5.74) is 6.26. The lowest BCUT2D eigenvalue weighted by Gasteiger charge is -2.14. The number of carbonyl (C=O) groups excluding carboxylic acids is 1. The fraction of sp³-hybridized carbons (Fsp3) is 0.462. The molecule has 17 heavy (non-hydrogen) atoms. The van der Waals surface area contributed by atoms with Gasteiger partial charge in [-0.1, -0.05) is 6.92 Å². The summed E-state index contributed by atoms with van der Waals surface area (Å²) in [5.74, 6) is 0.794. The monoisotopic (exact) mass is 236 g/mol. The maximum absolute atomic E-state index is 11.9. The van der Waals surface area contributed by atoms with E-state index < -0.39 is 0 Å². The Labute approximate surface area is 102 Å². The average molecular weight is 236 g/mol. The molecule has 0 saturated carbocycles. The van der Waals surface area contributed by atoms with E-state index >= 15 is 0 Å². The Balaban J connectivity index is 2.59. The summed E-state index contributed by atoms with van der Waals surface area (Å²) < 4.78 is 5.05. The van der Waals surface area contributed by atoms with Gasteiger partial charge in [-0.2, -0.15) is 0 Å². The maximum atomic E-state index is 11.9. The molecule has 0 aliphatic rings. The summed E-state index contributed by atoms with van der Waals surface area (Å²) in [6.07, 6.45) is 1.53. The maximum Gasteiger partial charge on any atom is 0.227 e. The molecule has 0 bridgehead atoms. The normalized spacial score (nSPS) is 11.9. The van der Waals surface area contributed by atoms with Crippen LogP contribution < -0.4 is 15.8 Å². The van der Waals surface area contributed by atoms with Crippen LogP contribution in [0.2, 0.25) is 0 Å². The molecule has 1 aromatic carbocycles. The second kappa shape index (κ2) is 6.91. The zero-order valence-corrected chi connectivity index (χ0v) is 10.4. The van der Waals surface area contributed by atoms with Crippen LogP contribution in [0.3, 0.4) is 0 Å². The van der Waals surface area contributed by atoms with Crippen molar-refractivity contribution in [3.05, 3.63) is 24.3 Å². The van der Waals surface area contributed by atoms with Gasteiger partial charge in [-0.15, -0.1) is 0 Å². The van der Waals surface area contributed by atoms with E-state index in [1.807, 2.05) is 31.2 Å². The zero-order valence-electron chi connectivity index (χ0n) is 10.4. The lowest BCUT2D eigenvalue weighted by Crippen LogP contribution is -2.24. The highest BCUT2D eigenvalue weighted by molar-refractivity contribution is 5.92. The van der Waals surface area contributed by atoms with E-state index in [9.17, 15) is 4.79 Å². The lowest BCUT2D eigenvalue weighted by atomic mass is 10.0. The lowest BCUT2D eigenvalue weighted by molar-refractivity contribution is -0.120. The van der Waals surface area contributed by atoms with Gasteiger partial charge in [0.15, 0.2) is 0 Å². The van der Waals surface area contributed by atoms with Crippen molar-refractivity contribution in [2.75, 3.05) is 19.0 Å². The Morgan fingerprint density at radius 1 is 1.41 bits per heavy atom. The summed E-state index contributed by atoms with van der Waals surface area (Å²) in [7, 11) is 1.61. The Morgan fingerprint density at radius 3 is 2.53 bits per heavy atom. The molecule has 0 fully saturated rings. The number of nitrogens with two attached hydrogens (primary N) is 1. The molecule has 0 radical (unpaired) electrons. The first-order chi connectivity index (χ1) is 8.21. The average Bonchev–Trinajstić information content (AvgIpc) is 2.36. The van der Waals surface area contributed by atoms with Crippen LogP contribution in [0.25, 0.3) is 0 Å². The van der Waals surface area contributed by atoms with Gasteiger partial charge in [-0.25, -0.2) is 0 Å². The number of benzene rings is 1. The molecule has 0 heterocycles. The fourth-order valence-corrected chi connectivity index (χ4v) is 1.64. The van der Waals surface area contributed by atoms with Gasteiger partial charge < -0.3 is 15.8 Å². The quantitative estimate of drug-likeness (QED) is 0.794. The van der Waals surface area contributed by atoms with Gasteiger partial charge in [-0.05, 0) is 43.7 Å². The molecule has 94 valence electrons. The Bertz CT molecular complexity index is 349. The molecule has 1 amide bonds. The fourth-order valence-electron chi connectivity index (χ4n) is 1.64. The SMILES string of the molecule is CCC(CCN)C(=O)Nc1ccc(OC)cc1. The van der Waals surface area contributed by atoms with Gasteiger partial charge in [0, 0.05) is 11.6 Å². The predicted molar refractivity (Wildman–Crippen MR) is 69.1 cm³/mol. The van der Waals surface area contributed by atoms with E-state index in [0.717, 1.165) is 24.3 Å². The van der Waals surface area contributed by atoms with Crippen molar-refractivity contribution in [1.29, 1.82) is 0 Å². The largest absolute Gasteiger partial charge is 0.497 e. The van der Waals surface area contributed by atoms with Crippen LogP contribution in [-0.4, -0.2) is 19.6 Å². The smallest absolute Gasteiger partial charge is 0.227 e. The van der Waals surface area contributed by atoms with E-state index in [4.69, 9.17) is 10.5 Å². The van der Waals surface area contributed by atoms with Crippen LogP contribution in [0.5, 0.6) is 5.75 Å². The number of carbonyl (C=O) groups is 1. The molecular weight excluding hydrogens is 216 g/mol. The molecular formula is C13H20N2O2. The summed E-state index contributed by atoms with van der Waals surface area (Å²) >= 11 is 0. The Hall–Kier alpha value is -1.55. The van der Waals surface area contributed by atoms with E-state index in [2.05, 4.69) is 5.32 Å². The molecule has 1 rings (SSSR count). The second-order valence-electron chi connectivity index (χ2n) is 3.90. The van der Waals surface area contributed by atoms with Crippen molar-refractivity contribution in [3.63, 3.8) is 0 Å². The van der Waals surface area contributed by atoms with E-state index in [0.29, 0.717) is 6.54 Å². The highest BCUT2D eigenvalue weighted by atomic mass is 16.5. The number of methoxy groups -OCH3 is 1. The molecule has 0 saturated heterocycles. The number of anilines is 1. The molecule has 1 unspecified atom stereocenters. The van der Waals surface area contributed by atoms with Gasteiger partial charge in [0.1, 0.15) is 5.75 Å². The first-order valence-corrected chi connectivity index (χ1v) is 5.86. The number of hydrogen-bond donors (Lipinski definition) is 2. The molecule has 3 N–H and O–H groups in total. The van der Waals surface area contributed by atoms with Gasteiger partial charge in [-0.3, -0.25) is 4.79 Å². The highest BCUT2D eigenvalue weighted by Gasteiger charge is 2.15. The van der Waals surface area contributed by atoms with Crippen LogP contribution in [-0.2, 0) is 4.79 Å². The van der Waals surface area contributed by atoms with Crippen molar-refractivity contribution in [2.45, 2.75) is 19.8 Å². The minimum absolute atomic E-state index is 0.0119. The predicted octanol–water partition coefficient (Wildman–Crippen LogP) is 2.01. The number of amides is 1. The van der Waals surface area contributed by atoms with Crippen molar-refractivity contribution in [1.82, 2.24) is 0 Å². The molecule has 0 spiro atoms. The number of rotatable bonds is 6. The molecule has 0 aliphatic carbocycles. The van der Waals surface area contributed by atoms with Crippen molar-refractivity contribution >= 4 is 11.6 Å². The minimum atomic E-state index is -0.0119.